The highest BCUT2D eigenvalue weighted by Crippen LogP contribution is 2.26. The number of ether oxygens (including phenoxy) is 1. The van der Waals surface area contributed by atoms with E-state index in [1.54, 1.807) is 0 Å². The van der Waals surface area contributed by atoms with Gasteiger partial charge in [-0.25, -0.2) is 0 Å². The summed E-state index contributed by atoms with van der Waals surface area (Å²) in [7, 11) is 0. The van der Waals surface area contributed by atoms with Gasteiger partial charge in [0.25, 0.3) is 0 Å². The summed E-state index contributed by atoms with van der Waals surface area (Å²) in [5.74, 6) is 1.47. The van der Waals surface area contributed by atoms with Crippen LogP contribution in [0.3, 0.4) is 0 Å². The van der Waals surface area contributed by atoms with E-state index < -0.39 is 0 Å². The molecule has 2 heteroatoms. The Hall–Kier alpha value is -0.0800. The van der Waals surface area contributed by atoms with Gasteiger partial charge >= 0.3 is 0 Å². The van der Waals surface area contributed by atoms with Gasteiger partial charge in [0.2, 0.25) is 0 Å². The highest BCUT2D eigenvalue weighted by atomic mass is 16.5. The molecular weight excluding hydrogens is 198 g/mol. The van der Waals surface area contributed by atoms with Gasteiger partial charge in [-0.1, -0.05) is 33.6 Å². The standard InChI is InChI=1S/C14H29NO/c1-11(2)9-15-10-13(4)16-14-8-6-5-7-12(14)3/h11-15H,5-10H2,1-4H3. The fraction of sp³-hybridized carbons (Fsp3) is 1.00. The maximum atomic E-state index is 6.12. The molecule has 0 bridgehead atoms. The Morgan fingerprint density at radius 2 is 1.81 bits per heavy atom. The van der Waals surface area contributed by atoms with Crippen LogP contribution in [-0.4, -0.2) is 25.3 Å². The van der Waals surface area contributed by atoms with Gasteiger partial charge in [0.15, 0.2) is 0 Å². The molecule has 1 aliphatic rings. The fourth-order valence-electron chi connectivity index (χ4n) is 2.41. The van der Waals surface area contributed by atoms with Crippen molar-refractivity contribution in [2.24, 2.45) is 11.8 Å². The predicted octanol–water partition coefficient (Wildman–Crippen LogP) is 3.22. The minimum absolute atomic E-state index is 0.351. The first kappa shape index (κ1) is 14.0. The smallest absolute Gasteiger partial charge is 0.0675 e. The van der Waals surface area contributed by atoms with Crippen LogP contribution in [0, 0.1) is 11.8 Å². The zero-order valence-electron chi connectivity index (χ0n) is 11.5. The summed E-state index contributed by atoms with van der Waals surface area (Å²) in [4.78, 5) is 0. The Balaban J connectivity index is 2.14. The molecule has 0 aromatic rings. The summed E-state index contributed by atoms with van der Waals surface area (Å²) in [5.41, 5.74) is 0. The maximum absolute atomic E-state index is 6.12. The topological polar surface area (TPSA) is 21.3 Å². The summed E-state index contributed by atoms with van der Waals surface area (Å²) >= 11 is 0. The molecule has 0 saturated heterocycles. The fourth-order valence-corrected chi connectivity index (χ4v) is 2.41. The molecule has 1 aliphatic carbocycles. The van der Waals surface area contributed by atoms with Crippen molar-refractivity contribution < 1.29 is 4.74 Å². The van der Waals surface area contributed by atoms with Crippen LogP contribution in [0.25, 0.3) is 0 Å². The summed E-state index contributed by atoms with van der Waals surface area (Å²) < 4.78 is 6.12. The Morgan fingerprint density at radius 1 is 1.12 bits per heavy atom. The van der Waals surface area contributed by atoms with Gasteiger partial charge in [-0.2, -0.15) is 0 Å². The lowest BCUT2D eigenvalue weighted by molar-refractivity contribution is -0.0467. The van der Waals surface area contributed by atoms with Crippen molar-refractivity contribution in [3.63, 3.8) is 0 Å². The third kappa shape index (κ3) is 5.31. The van der Waals surface area contributed by atoms with Crippen LogP contribution in [0.5, 0.6) is 0 Å². The molecule has 3 unspecified atom stereocenters. The van der Waals surface area contributed by atoms with Crippen molar-refractivity contribution in [2.45, 2.75) is 65.6 Å². The second-order valence-corrected chi connectivity index (χ2v) is 5.80. The average Bonchev–Trinajstić information content (AvgIpc) is 2.21. The molecule has 0 amide bonds. The second-order valence-electron chi connectivity index (χ2n) is 5.80. The Labute approximate surface area is 101 Å². The first-order chi connectivity index (χ1) is 7.59. The molecule has 0 aliphatic heterocycles. The lowest BCUT2D eigenvalue weighted by Crippen LogP contribution is -2.35. The molecule has 0 radical (unpaired) electrons. The van der Waals surface area contributed by atoms with Gasteiger partial charge < -0.3 is 10.1 Å². The Bertz CT molecular complexity index is 182. The molecule has 1 rings (SSSR count). The van der Waals surface area contributed by atoms with E-state index in [0.29, 0.717) is 12.2 Å². The molecule has 16 heavy (non-hydrogen) atoms. The van der Waals surface area contributed by atoms with E-state index in [1.165, 1.54) is 25.7 Å². The molecule has 2 nitrogen and oxygen atoms in total. The van der Waals surface area contributed by atoms with Crippen LogP contribution < -0.4 is 5.32 Å². The average molecular weight is 227 g/mol. The summed E-state index contributed by atoms with van der Waals surface area (Å²) in [6, 6.07) is 0. The van der Waals surface area contributed by atoms with Crippen molar-refractivity contribution in [1.29, 1.82) is 0 Å². The molecule has 1 saturated carbocycles. The van der Waals surface area contributed by atoms with E-state index in [0.717, 1.165) is 24.9 Å². The lowest BCUT2D eigenvalue weighted by Gasteiger charge is -2.31. The van der Waals surface area contributed by atoms with Gasteiger partial charge in [0, 0.05) is 6.54 Å². The lowest BCUT2D eigenvalue weighted by atomic mass is 9.88. The van der Waals surface area contributed by atoms with Gasteiger partial charge in [-0.3, -0.25) is 0 Å². The first-order valence-electron chi connectivity index (χ1n) is 6.95. The van der Waals surface area contributed by atoms with Gasteiger partial charge in [0.05, 0.1) is 12.2 Å². The molecule has 1 N–H and O–H groups in total. The minimum Gasteiger partial charge on any atom is -0.374 e. The molecule has 0 aromatic carbocycles. The Morgan fingerprint density at radius 3 is 2.44 bits per heavy atom. The zero-order valence-corrected chi connectivity index (χ0v) is 11.5. The van der Waals surface area contributed by atoms with Gasteiger partial charge in [-0.05, 0) is 38.1 Å². The van der Waals surface area contributed by atoms with E-state index in [2.05, 4.69) is 33.0 Å². The third-order valence-electron chi connectivity index (χ3n) is 3.42. The highest BCUT2D eigenvalue weighted by Gasteiger charge is 2.23. The molecule has 0 heterocycles. The van der Waals surface area contributed by atoms with Crippen LogP contribution in [0.2, 0.25) is 0 Å². The summed E-state index contributed by atoms with van der Waals surface area (Å²) in [5, 5.41) is 3.46. The van der Waals surface area contributed by atoms with E-state index in [4.69, 9.17) is 4.74 Å². The van der Waals surface area contributed by atoms with Crippen molar-refractivity contribution in [1.82, 2.24) is 5.32 Å². The third-order valence-corrected chi connectivity index (χ3v) is 3.42. The number of hydrogen-bond acceptors (Lipinski definition) is 2. The van der Waals surface area contributed by atoms with E-state index in [-0.39, 0.29) is 0 Å². The quantitative estimate of drug-likeness (QED) is 0.752. The SMILES string of the molecule is CC(C)CNCC(C)OC1CCCCC1C. The van der Waals surface area contributed by atoms with E-state index in [9.17, 15) is 0 Å². The molecule has 96 valence electrons. The Kier molecular flexibility index (Phi) is 6.37. The predicted molar refractivity (Wildman–Crippen MR) is 69.7 cm³/mol. The number of hydrogen-bond donors (Lipinski definition) is 1. The van der Waals surface area contributed by atoms with Crippen LogP contribution in [-0.2, 0) is 4.74 Å². The largest absolute Gasteiger partial charge is 0.374 e. The first-order valence-corrected chi connectivity index (χ1v) is 6.95. The summed E-state index contributed by atoms with van der Waals surface area (Å²) in [6.45, 7) is 11.1. The van der Waals surface area contributed by atoms with Crippen LogP contribution in [0.15, 0.2) is 0 Å². The van der Waals surface area contributed by atoms with Crippen molar-refractivity contribution in [3.05, 3.63) is 0 Å². The second kappa shape index (κ2) is 7.29. The minimum atomic E-state index is 0.351. The van der Waals surface area contributed by atoms with Gasteiger partial charge in [0.1, 0.15) is 0 Å². The van der Waals surface area contributed by atoms with Crippen molar-refractivity contribution in [3.8, 4) is 0 Å². The molecular formula is C14H29NO. The van der Waals surface area contributed by atoms with E-state index >= 15 is 0 Å². The van der Waals surface area contributed by atoms with Crippen LogP contribution in [0.1, 0.15) is 53.4 Å². The highest BCUT2D eigenvalue weighted by molar-refractivity contribution is 4.74. The number of rotatable bonds is 6. The molecule has 3 atom stereocenters. The van der Waals surface area contributed by atoms with Crippen LogP contribution in [0.4, 0.5) is 0 Å². The monoisotopic (exact) mass is 227 g/mol. The molecule has 0 aromatic heterocycles. The zero-order chi connectivity index (χ0) is 12.0. The molecule has 0 spiro atoms. The number of nitrogens with one attached hydrogen (secondary N) is 1. The summed E-state index contributed by atoms with van der Waals surface area (Å²) in [6.07, 6.45) is 6.20. The normalized spacial score (nSPS) is 28.3. The van der Waals surface area contributed by atoms with Crippen molar-refractivity contribution in [2.75, 3.05) is 13.1 Å². The van der Waals surface area contributed by atoms with Crippen LogP contribution >= 0.6 is 0 Å². The molecule has 1 fully saturated rings. The van der Waals surface area contributed by atoms with E-state index in [1.807, 2.05) is 0 Å². The maximum Gasteiger partial charge on any atom is 0.0675 e. The van der Waals surface area contributed by atoms with Gasteiger partial charge in [-0.15, -0.1) is 0 Å². The van der Waals surface area contributed by atoms with Crippen molar-refractivity contribution >= 4 is 0 Å².